The van der Waals surface area contributed by atoms with E-state index in [1.165, 1.54) is 136 Å². The zero-order valence-corrected chi connectivity index (χ0v) is 32.9. The highest BCUT2D eigenvalue weighted by Gasteiger charge is 2.20. The van der Waals surface area contributed by atoms with Gasteiger partial charge in [0.25, 0.3) is 0 Å². The number of esters is 2. The van der Waals surface area contributed by atoms with Crippen molar-refractivity contribution in [1.82, 2.24) is 9.80 Å². The summed E-state index contributed by atoms with van der Waals surface area (Å²) in [7, 11) is 1.46. The zero-order chi connectivity index (χ0) is 35.6. The van der Waals surface area contributed by atoms with Gasteiger partial charge in [0, 0.05) is 38.5 Å². The van der Waals surface area contributed by atoms with Crippen LogP contribution in [0.3, 0.4) is 0 Å². The van der Waals surface area contributed by atoms with Crippen molar-refractivity contribution in [3.05, 3.63) is 0 Å². The summed E-state index contributed by atoms with van der Waals surface area (Å²) in [5.74, 6) is 0.386. The van der Waals surface area contributed by atoms with Crippen LogP contribution in [-0.2, 0) is 19.1 Å². The lowest BCUT2D eigenvalue weighted by Gasteiger charge is -2.33. The summed E-state index contributed by atoms with van der Waals surface area (Å²) < 4.78 is 10.7. The average molecular weight is 695 g/mol. The fraction of sp³-hybridized carbons (Fsp3) is 0.952. The first-order chi connectivity index (χ1) is 24.0. The smallest absolute Gasteiger partial charge is 0.305 e. The van der Waals surface area contributed by atoms with Gasteiger partial charge in [-0.15, -0.1) is 0 Å². The van der Waals surface area contributed by atoms with E-state index in [9.17, 15) is 14.7 Å². The second kappa shape index (κ2) is 33.9. The minimum absolute atomic E-state index is 0.0126. The molecule has 1 saturated carbocycles. The third kappa shape index (κ3) is 27.2. The van der Waals surface area contributed by atoms with Crippen LogP contribution in [0.2, 0.25) is 0 Å². The summed E-state index contributed by atoms with van der Waals surface area (Å²) in [6.45, 7) is 10.2. The van der Waals surface area contributed by atoms with Crippen LogP contribution in [0.1, 0.15) is 194 Å². The normalized spacial score (nSPS) is 14.2. The maximum Gasteiger partial charge on any atom is 0.305 e. The van der Waals surface area contributed by atoms with Crippen LogP contribution < -0.4 is 0 Å². The molecule has 0 amide bonds. The molecule has 290 valence electrons. The van der Waals surface area contributed by atoms with E-state index in [1.807, 2.05) is 0 Å². The molecule has 1 rings (SSSR count). The molecule has 1 fully saturated rings. The third-order valence-corrected chi connectivity index (χ3v) is 10.8. The molecule has 7 nitrogen and oxygen atoms in total. The minimum atomic E-state index is -0.121. The van der Waals surface area contributed by atoms with E-state index in [4.69, 9.17) is 9.47 Å². The maximum absolute atomic E-state index is 12.7. The lowest BCUT2D eigenvalue weighted by atomic mass is 9.94. The van der Waals surface area contributed by atoms with Gasteiger partial charge < -0.3 is 19.5 Å². The molecule has 1 aliphatic rings. The quantitative estimate of drug-likeness (QED) is 0.0408. The molecule has 49 heavy (non-hydrogen) atoms. The lowest BCUT2D eigenvalue weighted by molar-refractivity contribution is -0.145. The van der Waals surface area contributed by atoms with E-state index in [0.29, 0.717) is 31.4 Å². The van der Waals surface area contributed by atoms with Gasteiger partial charge in [-0.25, -0.2) is 0 Å². The number of unbranched alkanes of at least 4 members (excludes halogenated alkanes) is 14. The lowest BCUT2D eigenvalue weighted by Crippen LogP contribution is -2.43. The number of ether oxygens (including phenoxy) is 2. The van der Waals surface area contributed by atoms with E-state index < -0.39 is 0 Å². The van der Waals surface area contributed by atoms with Gasteiger partial charge in [0.2, 0.25) is 0 Å². The molecule has 0 aromatic rings. The van der Waals surface area contributed by atoms with Crippen LogP contribution in [0, 0.1) is 5.92 Å². The van der Waals surface area contributed by atoms with Crippen molar-refractivity contribution in [3.63, 3.8) is 0 Å². The summed E-state index contributed by atoms with van der Waals surface area (Å²) in [4.78, 5) is 29.4. The first-order valence-corrected chi connectivity index (χ1v) is 21.3. The molecule has 0 aromatic heterocycles. The van der Waals surface area contributed by atoms with Crippen LogP contribution in [0.4, 0.5) is 0 Å². The summed E-state index contributed by atoms with van der Waals surface area (Å²) >= 11 is 0. The molecular weight excluding hydrogens is 612 g/mol. The van der Waals surface area contributed by atoms with E-state index >= 15 is 0 Å². The molecular formula is C42H82N2O5. The predicted molar refractivity (Wildman–Crippen MR) is 206 cm³/mol. The van der Waals surface area contributed by atoms with Gasteiger partial charge in [0.15, 0.2) is 0 Å². The van der Waals surface area contributed by atoms with E-state index in [-0.39, 0.29) is 18.5 Å². The molecule has 0 bridgehead atoms. The standard InChI is InChI=1S/C42H82N2O5/c1-4-6-8-10-12-18-26-39(27-19-13-11-9-7-5-2)38-49-42(47)31-23-17-25-33-43(32-24-16-22-30-41(46)48-3)34-35-44(36-37-45)40-28-20-14-15-21-29-40/h39-40,45H,4-38H2,1-3H3. The number of methoxy groups -OCH3 is 1. The maximum atomic E-state index is 12.7. The Hall–Kier alpha value is -1.18. The second-order valence-electron chi connectivity index (χ2n) is 15.1. The number of nitrogens with zero attached hydrogens (tertiary/aromatic N) is 2. The van der Waals surface area contributed by atoms with Crippen molar-refractivity contribution in [2.24, 2.45) is 5.92 Å². The number of hydrogen-bond donors (Lipinski definition) is 1. The molecule has 0 atom stereocenters. The zero-order valence-electron chi connectivity index (χ0n) is 32.9. The fourth-order valence-corrected chi connectivity index (χ4v) is 7.52. The van der Waals surface area contributed by atoms with Gasteiger partial charge in [0.1, 0.15) is 0 Å². The predicted octanol–water partition coefficient (Wildman–Crippen LogP) is 10.3. The molecule has 0 heterocycles. The van der Waals surface area contributed by atoms with Crippen LogP contribution in [0.15, 0.2) is 0 Å². The van der Waals surface area contributed by atoms with Crippen molar-refractivity contribution >= 4 is 11.9 Å². The van der Waals surface area contributed by atoms with Crippen LogP contribution in [0.5, 0.6) is 0 Å². The molecule has 0 aliphatic heterocycles. The summed E-state index contributed by atoms with van der Waals surface area (Å²) in [5.41, 5.74) is 0. The monoisotopic (exact) mass is 695 g/mol. The van der Waals surface area contributed by atoms with Crippen molar-refractivity contribution < 1.29 is 24.2 Å². The Balaban J connectivity index is 2.47. The Kier molecular flexibility index (Phi) is 31.7. The molecule has 0 radical (unpaired) electrons. The highest BCUT2D eigenvalue weighted by atomic mass is 16.5. The van der Waals surface area contributed by atoms with Gasteiger partial charge in [-0.1, -0.05) is 129 Å². The van der Waals surface area contributed by atoms with Crippen molar-refractivity contribution in [2.45, 2.75) is 200 Å². The van der Waals surface area contributed by atoms with Gasteiger partial charge in [-0.2, -0.15) is 0 Å². The van der Waals surface area contributed by atoms with Crippen LogP contribution in [-0.4, -0.2) is 85.9 Å². The average Bonchev–Trinajstić information content (AvgIpc) is 3.40. The minimum Gasteiger partial charge on any atom is -0.469 e. The second-order valence-corrected chi connectivity index (χ2v) is 15.1. The van der Waals surface area contributed by atoms with Gasteiger partial charge in [0.05, 0.1) is 20.3 Å². The molecule has 0 aromatic carbocycles. The van der Waals surface area contributed by atoms with Gasteiger partial charge >= 0.3 is 11.9 Å². The fourth-order valence-electron chi connectivity index (χ4n) is 7.52. The van der Waals surface area contributed by atoms with Gasteiger partial charge in [-0.3, -0.25) is 14.5 Å². The van der Waals surface area contributed by atoms with E-state index in [2.05, 4.69) is 23.6 Å². The highest BCUT2D eigenvalue weighted by Crippen LogP contribution is 2.23. The Bertz CT molecular complexity index is 727. The number of carbonyl (C=O) groups excluding carboxylic acids is 2. The number of aliphatic hydroxyl groups excluding tert-OH is 1. The Morgan fingerprint density at radius 1 is 0.612 bits per heavy atom. The first kappa shape index (κ1) is 45.8. The van der Waals surface area contributed by atoms with Crippen molar-refractivity contribution in [1.29, 1.82) is 0 Å². The number of rotatable bonds is 34. The Labute approximate surface area is 304 Å². The summed E-state index contributed by atoms with van der Waals surface area (Å²) in [6.07, 6.45) is 33.0. The van der Waals surface area contributed by atoms with Crippen LogP contribution in [0.25, 0.3) is 0 Å². The molecule has 7 heteroatoms. The largest absolute Gasteiger partial charge is 0.469 e. The number of aliphatic hydroxyl groups is 1. The SMILES string of the molecule is CCCCCCCCC(CCCCCCCC)COC(=O)CCCCCN(CCCCCC(=O)OC)CCN(CCO)C1CCCCCC1. The topological polar surface area (TPSA) is 79.3 Å². The van der Waals surface area contributed by atoms with E-state index in [0.717, 1.165) is 71.2 Å². The highest BCUT2D eigenvalue weighted by molar-refractivity contribution is 5.69. The molecule has 0 saturated heterocycles. The van der Waals surface area contributed by atoms with E-state index in [1.54, 1.807) is 0 Å². The molecule has 1 N–H and O–H groups in total. The Morgan fingerprint density at radius 2 is 1.12 bits per heavy atom. The number of hydrogen-bond acceptors (Lipinski definition) is 7. The molecule has 0 unspecified atom stereocenters. The van der Waals surface area contributed by atoms with Crippen molar-refractivity contribution in [3.8, 4) is 0 Å². The van der Waals surface area contributed by atoms with Crippen LogP contribution >= 0.6 is 0 Å². The molecule has 0 spiro atoms. The van der Waals surface area contributed by atoms with Gasteiger partial charge in [-0.05, 0) is 70.4 Å². The first-order valence-electron chi connectivity index (χ1n) is 21.3. The Morgan fingerprint density at radius 3 is 1.65 bits per heavy atom. The third-order valence-electron chi connectivity index (χ3n) is 10.8. The summed E-state index contributed by atoms with van der Waals surface area (Å²) in [5, 5.41) is 9.80. The molecule has 1 aliphatic carbocycles. The number of carbonyl (C=O) groups is 2. The van der Waals surface area contributed by atoms with Crippen molar-refractivity contribution in [2.75, 3.05) is 53.0 Å². The summed E-state index contributed by atoms with van der Waals surface area (Å²) in [6, 6.07) is 0.596.